The van der Waals surface area contributed by atoms with Gasteiger partial charge in [0.15, 0.2) is 18.1 Å². The maximum Gasteiger partial charge on any atom is 0.262 e. The van der Waals surface area contributed by atoms with Crippen molar-refractivity contribution in [2.75, 3.05) is 40.0 Å². The van der Waals surface area contributed by atoms with E-state index in [1.165, 1.54) is 31.5 Å². The number of halogens is 2. The number of hydrogen-bond donors (Lipinski definition) is 2. The van der Waals surface area contributed by atoms with Gasteiger partial charge in [-0.15, -0.1) is 0 Å². The van der Waals surface area contributed by atoms with Crippen molar-refractivity contribution in [1.82, 2.24) is 15.6 Å². The van der Waals surface area contributed by atoms with Crippen LogP contribution in [0.5, 0.6) is 11.5 Å². The van der Waals surface area contributed by atoms with Gasteiger partial charge in [0, 0.05) is 24.2 Å². The number of carbonyl (C=O) groups is 3. The molecule has 1 fully saturated rings. The highest BCUT2D eigenvalue weighted by Gasteiger charge is 2.25. The Morgan fingerprint density at radius 2 is 1.87 bits per heavy atom. The number of carbonyl (C=O) groups excluding carboxylic acids is 3. The monoisotopic (exact) mass is 564 g/mol. The van der Waals surface area contributed by atoms with E-state index in [-0.39, 0.29) is 29.0 Å². The lowest BCUT2D eigenvalue weighted by molar-refractivity contribution is -0.137. The van der Waals surface area contributed by atoms with Crippen molar-refractivity contribution >= 4 is 47.1 Å². The first kappa shape index (κ1) is 29.2. The summed E-state index contributed by atoms with van der Waals surface area (Å²) in [5.41, 5.74) is 3.21. The van der Waals surface area contributed by atoms with Crippen LogP contribution in [0.25, 0.3) is 0 Å². The van der Waals surface area contributed by atoms with Gasteiger partial charge in [0.25, 0.3) is 17.7 Å². The van der Waals surface area contributed by atoms with Gasteiger partial charge in [0.05, 0.1) is 36.6 Å². The van der Waals surface area contributed by atoms with Crippen molar-refractivity contribution in [3.05, 3.63) is 57.6 Å². The molecule has 1 atom stereocenters. The number of nitrogens with one attached hydrogen (secondary N) is 2. The molecule has 38 heavy (non-hydrogen) atoms. The molecule has 2 aromatic carbocycles. The second-order valence-electron chi connectivity index (χ2n) is 8.72. The molecule has 0 saturated carbocycles. The van der Waals surface area contributed by atoms with E-state index < -0.39 is 17.9 Å². The topological polar surface area (TPSA) is 119 Å². The fraction of sp³-hybridized carbons (Fsp3) is 0.385. The lowest BCUT2D eigenvalue weighted by Gasteiger charge is -2.27. The number of ether oxygens (including phenoxy) is 3. The fourth-order valence-electron chi connectivity index (χ4n) is 3.62. The van der Waals surface area contributed by atoms with Crippen molar-refractivity contribution in [1.29, 1.82) is 0 Å². The summed E-state index contributed by atoms with van der Waals surface area (Å²) >= 11 is 11.9. The van der Waals surface area contributed by atoms with Crippen LogP contribution in [0, 0.1) is 5.92 Å². The van der Waals surface area contributed by atoms with Crippen LogP contribution in [0.2, 0.25) is 10.0 Å². The molecule has 204 valence electrons. The Morgan fingerprint density at radius 1 is 1.13 bits per heavy atom. The van der Waals surface area contributed by atoms with Gasteiger partial charge >= 0.3 is 0 Å². The Hall–Kier alpha value is -3.34. The molecule has 0 bridgehead atoms. The van der Waals surface area contributed by atoms with E-state index in [2.05, 4.69) is 15.8 Å². The lowest BCUT2D eigenvalue weighted by atomic mass is 10.0. The number of para-hydroxylation sites is 1. The van der Waals surface area contributed by atoms with Crippen LogP contribution in [0.15, 0.2) is 41.5 Å². The summed E-state index contributed by atoms with van der Waals surface area (Å²) in [6.45, 7) is 5.39. The second kappa shape index (κ2) is 14.0. The molecule has 3 amide bonds. The molecule has 1 aliphatic heterocycles. The van der Waals surface area contributed by atoms with Crippen LogP contribution < -0.4 is 20.2 Å². The molecule has 0 aliphatic carbocycles. The molecule has 0 spiro atoms. The van der Waals surface area contributed by atoms with Crippen molar-refractivity contribution in [3.8, 4) is 11.5 Å². The Labute approximate surface area is 231 Å². The van der Waals surface area contributed by atoms with E-state index in [9.17, 15) is 14.4 Å². The van der Waals surface area contributed by atoms with Crippen LogP contribution in [-0.2, 0) is 14.3 Å². The molecule has 1 heterocycles. The van der Waals surface area contributed by atoms with E-state index in [1.54, 1.807) is 36.9 Å². The first-order chi connectivity index (χ1) is 18.2. The largest absolute Gasteiger partial charge is 0.493 e. The third kappa shape index (κ3) is 7.83. The zero-order valence-electron chi connectivity index (χ0n) is 21.3. The number of methoxy groups -OCH3 is 1. The van der Waals surface area contributed by atoms with Crippen LogP contribution in [0.3, 0.4) is 0 Å². The average molecular weight is 565 g/mol. The molecule has 1 saturated heterocycles. The number of hydrazone groups is 1. The fourth-order valence-corrected chi connectivity index (χ4v) is 3.92. The maximum absolute atomic E-state index is 12.9. The number of hydrogen-bond acceptors (Lipinski definition) is 7. The predicted molar refractivity (Wildman–Crippen MR) is 144 cm³/mol. The molecule has 10 nitrogen and oxygen atoms in total. The SMILES string of the molecule is COc1cccc(C=NNC(=O)C(NC(=O)c2ccc(Cl)c(Cl)c2)C(C)C)c1OCC(=O)N1CCOCC1. The van der Waals surface area contributed by atoms with Crippen molar-refractivity contribution in [2.45, 2.75) is 19.9 Å². The number of amides is 3. The first-order valence-corrected chi connectivity index (χ1v) is 12.7. The molecule has 1 unspecified atom stereocenters. The minimum atomic E-state index is -0.874. The summed E-state index contributed by atoms with van der Waals surface area (Å²) in [6, 6.07) is 8.71. The van der Waals surface area contributed by atoms with Gasteiger partial charge in [-0.25, -0.2) is 5.43 Å². The number of morpholine rings is 1. The summed E-state index contributed by atoms with van der Waals surface area (Å²) in [5, 5.41) is 7.30. The van der Waals surface area contributed by atoms with Gasteiger partial charge in [-0.2, -0.15) is 5.10 Å². The third-order valence-electron chi connectivity index (χ3n) is 5.73. The molecule has 1 aliphatic rings. The van der Waals surface area contributed by atoms with Crippen LogP contribution >= 0.6 is 23.2 Å². The molecular formula is C26H30Cl2N4O6. The summed E-state index contributed by atoms with van der Waals surface area (Å²) in [7, 11) is 1.48. The highest BCUT2D eigenvalue weighted by molar-refractivity contribution is 6.42. The number of nitrogens with zero attached hydrogens (tertiary/aromatic N) is 2. The molecule has 12 heteroatoms. The summed E-state index contributed by atoms with van der Waals surface area (Å²) in [6.07, 6.45) is 1.38. The third-order valence-corrected chi connectivity index (χ3v) is 6.47. The maximum atomic E-state index is 12.9. The normalized spacial score (nSPS) is 14.3. The zero-order chi connectivity index (χ0) is 27.7. The Morgan fingerprint density at radius 3 is 2.53 bits per heavy atom. The van der Waals surface area contributed by atoms with Gasteiger partial charge in [0.1, 0.15) is 6.04 Å². The minimum Gasteiger partial charge on any atom is -0.493 e. The van der Waals surface area contributed by atoms with Crippen LogP contribution in [0.4, 0.5) is 0 Å². The van der Waals surface area contributed by atoms with Gasteiger partial charge in [-0.3, -0.25) is 14.4 Å². The quantitative estimate of drug-likeness (QED) is 0.338. The Balaban J connectivity index is 1.66. The molecule has 3 rings (SSSR count). The molecule has 2 aromatic rings. The van der Waals surface area contributed by atoms with Gasteiger partial charge < -0.3 is 24.4 Å². The van der Waals surface area contributed by atoms with E-state index in [4.69, 9.17) is 37.4 Å². The van der Waals surface area contributed by atoms with E-state index in [0.29, 0.717) is 48.4 Å². The van der Waals surface area contributed by atoms with E-state index in [1.807, 2.05) is 0 Å². The average Bonchev–Trinajstić information content (AvgIpc) is 2.92. The van der Waals surface area contributed by atoms with E-state index in [0.717, 1.165) is 0 Å². The molecule has 0 aromatic heterocycles. The van der Waals surface area contributed by atoms with Gasteiger partial charge in [-0.1, -0.05) is 43.1 Å². The summed E-state index contributed by atoms with van der Waals surface area (Å²) < 4.78 is 16.5. The summed E-state index contributed by atoms with van der Waals surface area (Å²) in [4.78, 5) is 39.7. The minimum absolute atomic E-state index is 0.173. The smallest absolute Gasteiger partial charge is 0.262 e. The van der Waals surface area contributed by atoms with Gasteiger partial charge in [-0.05, 0) is 36.2 Å². The van der Waals surface area contributed by atoms with Crippen molar-refractivity contribution in [3.63, 3.8) is 0 Å². The Bertz CT molecular complexity index is 1180. The number of benzene rings is 2. The van der Waals surface area contributed by atoms with Gasteiger partial charge in [0.2, 0.25) is 0 Å². The second-order valence-corrected chi connectivity index (χ2v) is 9.53. The van der Waals surface area contributed by atoms with Crippen molar-refractivity contribution < 1.29 is 28.6 Å². The highest BCUT2D eigenvalue weighted by Crippen LogP contribution is 2.30. The standard InChI is InChI=1S/C26H30Cl2N4O6/c1-16(2)23(30-25(34)17-7-8-19(27)20(28)13-17)26(35)31-29-14-18-5-4-6-21(36-3)24(18)38-15-22(33)32-9-11-37-12-10-32/h4-8,13-14,16,23H,9-12,15H2,1-3H3,(H,30,34)(H,31,35). The predicted octanol–water partition coefficient (Wildman–Crippen LogP) is 3.14. The lowest BCUT2D eigenvalue weighted by Crippen LogP contribution is -2.48. The van der Waals surface area contributed by atoms with Crippen LogP contribution in [-0.4, -0.2) is 74.9 Å². The highest BCUT2D eigenvalue weighted by atomic mass is 35.5. The molecule has 0 radical (unpaired) electrons. The molecular weight excluding hydrogens is 535 g/mol. The Kier molecular flexibility index (Phi) is 10.8. The zero-order valence-corrected chi connectivity index (χ0v) is 22.8. The van der Waals surface area contributed by atoms with E-state index >= 15 is 0 Å². The number of rotatable bonds is 10. The van der Waals surface area contributed by atoms with Crippen LogP contribution in [0.1, 0.15) is 29.8 Å². The van der Waals surface area contributed by atoms with Crippen molar-refractivity contribution in [2.24, 2.45) is 11.0 Å². The summed E-state index contributed by atoms with van der Waals surface area (Å²) in [5.74, 6) is -0.689. The first-order valence-electron chi connectivity index (χ1n) is 12.0. The molecule has 2 N–H and O–H groups in total.